The van der Waals surface area contributed by atoms with Crippen molar-refractivity contribution in [2.24, 2.45) is 0 Å². The maximum absolute atomic E-state index is 12.5. The number of benzene rings is 2. The first-order chi connectivity index (χ1) is 12.0. The molecule has 1 heterocycles. The zero-order valence-electron chi connectivity index (χ0n) is 13.5. The Labute approximate surface area is 149 Å². The molecule has 0 radical (unpaired) electrons. The highest BCUT2D eigenvalue weighted by atomic mass is 35.5. The monoisotopic (exact) mass is 357 g/mol. The van der Waals surface area contributed by atoms with E-state index < -0.39 is 17.9 Å². The molecule has 1 atom stereocenters. The first-order valence-corrected chi connectivity index (χ1v) is 8.08. The highest BCUT2D eigenvalue weighted by molar-refractivity contribution is 6.31. The lowest BCUT2D eigenvalue weighted by atomic mass is 10.2. The molecule has 1 unspecified atom stereocenters. The fourth-order valence-electron chi connectivity index (χ4n) is 2.56. The fraction of sp³-hybridized carbons (Fsp3) is 0.167. The van der Waals surface area contributed by atoms with Gasteiger partial charge >= 0.3 is 0 Å². The van der Waals surface area contributed by atoms with Crippen LogP contribution in [-0.4, -0.2) is 23.8 Å². The lowest BCUT2D eigenvalue weighted by Gasteiger charge is -2.16. The van der Waals surface area contributed by atoms with Gasteiger partial charge in [0.2, 0.25) is 5.91 Å². The molecule has 3 amide bonds. The Morgan fingerprint density at radius 1 is 1.16 bits per heavy atom. The van der Waals surface area contributed by atoms with Gasteiger partial charge in [0.25, 0.3) is 11.8 Å². The van der Waals surface area contributed by atoms with Crippen molar-refractivity contribution < 1.29 is 14.4 Å². The van der Waals surface area contributed by atoms with Gasteiger partial charge in [-0.2, -0.15) is 0 Å². The van der Waals surface area contributed by atoms with Gasteiger partial charge < -0.3 is 0 Å². The maximum Gasteiger partial charge on any atom is 0.265 e. The molecule has 25 heavy (non-hydrogen) atoms. The van der Waals surface area contributed by atoms with Crippen LogP contribution in [0.4, 0.5) is 5.69 Å². The number of amides is 3. The van der Waals surface area contributed by atoms with Gasteiger partial charge in [-0.25, -0.2) is 10.3 Å². The van der Waals surface area contributed by atoms with Crippen molar-refractivity contribution in [3.8, 4) is 0 Å². The van der Waals surface area contributed by atoms with Crippen LogP contribution in [0.25, 0.3) is 0 Å². The van der Waals surface area contributed by atoms with E-state index in [9.17, 15) is 14.4 Å². The third kappa shape index (κ3) is 3.70. The zero-order valence-corrected chi connectivity index (χ0v) is 14.2. The fourth-order valence-corrected chi connectivity index (χ4v) is 2.75. The van der Waals surface area contributed by atoms with Crippen LogP contribution < -0.4 is 15.8 Å². The summed E-state index contributed by atoms with van der Waals surface area (Å²) in [6.07, 6.45) is -0.0253. The van der Waals surface area contributed by atoms with Crippen molar-refractivity contribution in [3.05, 3.63) is 64.7 Å². The molecule has 1 aliphatic heterocycles. The number of halogens is 1. The second-order valence-corrected chi connectivity index (χ2v) is 6.20. The number of nitrogens with one attached hydrogen (secondary N) is 2. The minimum absolute atomic E-state index is 0.0253. The molecule has 128 valence electrons. The lowest BCUT2D eigenvalue weighted by molar-refractivity contribution is -0.121. The maximum atomic E-state index is 12.5. The Balaban J connectivity index is 1.66. The first kappa shape index (κ1) is 17.1. The number of hydrogen-bond donors (Lipinski definition) is 2. The van der Waals surface area contributed by atoms with Crippen LogP contribution in [0, 0.1) is 6.92 Å². The molecule has 0 bridgehead atoms. The van der Waals surface area contributed by atoms with Gasteiger partial charge in [0.15, 0.2) is 0 Å². The molecule has 7 heteroatoms. The van der Waals surface area contributed by atoms with E-state index in [0.717, 1.165) is 10.5 Å². The molecule has 0 saturated carbocycles. The normalized spacial score (nSPS) is 17.0. The van der Waals surface area contributed by atoms with Crippen molar-refractivity contribution in [1.82, 2.24) is 10.9 Å². The van der Waals surface area contributed by atoms with Crippen molar-refractivity contribution in [2.75, 3.05) is 4.90 Å². The van der Waals surface area contributed by atoms with E-state index in [2.05, 4.69) is 10.9 Å². The van der Waals surface area contributed by atoms with Gasteiger partial charge in [-0.05, 0) is 37.3 Å². The number of hydrazine groups is 1. The molecular formula is C18H16ClN3O3. The lowest BCUT2D eigenvalue weighted by Crippen LogP contribution is -2.48. The van der Waals surface area contributed by atoms with Crippen molar-refractivity contribution in [1.29, 1.82) is 0 Å². The number of nitrogens with zero attached hydrogens (tertiary/aromatic N) is 1. The molecule has 2 N–H and O–H groups in total. The van der Waals surface area contributed by atoms with E-state index in [4.69, 9.17) is 11.6 Å². The predicted octanol–water partition coefficient (Wildman–Crippen LogP) is 2.21. The number of aryl methyl sites for hydroxylation is 1. The Morgan fingerprint density at radius 2 is 1.88 bits per heavy atom. The molecule has 0 aliphatic carbocycles. The van der Waals surface area contributed by atoms with Gasteiger partial charge in [0, 0.05) is 10.6 Å². The SMILES string of the molecule is Cc1ccc(N2C(=O)CC(NNC(=O)c3cccc(Cl)c3)C2=O)cc1. The summed E-state index contributed by atoms with van der Waals surface area (Å²) in [4.78, 5) is 37.9. The van der Waals surface area contributed by atoms with Crippen LogP contribution >= 0.6 is 11.6 Å². The smallest absolute Gasteiger partial charge is 0.265 e. The number of hydrogen-bond acceptors (Lipinski definition) is 4. The summed E-state index contributed by atoms with van der Waals surface area (Å²) in [7, 11) is 0. The third-order valence-corrected chi connectivity index (χ3v) is 4.12. The van der Waals surface area contributed by atoms with Crippen LogP contribution in [-0.2, 0) is 9.59 Å². The summed E-state index contributed by atoms with van der Waals surface area (Å²) in [5, 5.41) is 0.435. The Hall–Kier alpha value is -2.70. The summed E-state index contributed by atoms with van der Waals surface area (Å²) in [5.74, 6) is -1.15. The average molecular weight is 358 g/mol. The molecule has 2 aromatic rings. The van der Waals surface area contributed by atoms with Gasteiger partial charge in [-0.3, -0.25) is 19.8 Å². The molecule has 0 spiro atoms. The Bertz CT molecular complexity index is 836. The third-order valence-electron chi connectivity index (χ3n) is 3.89. The minimum Gasteiger partial charge on any atom is -0.287 e. The average Bonchev–Trinajstić information content (AvgIpc) is 2.87. The van der Waals surface area contributed by atoms with Crippen LogP contribution in [0.5, 0.6) is 0 Å². The summed E-state index contributed by atoms with van der Waals surface area (Å²) in [6.45, 7) is 1.92. The molecule has 1 saturated heterocycles. The summed E-state index contributed by atoms with van der Waals surface area (Å²) in [6, 6.07) is 12.7. The Kier molecular flexibility index (Phi) is 4.83. The highest BCUT2D eigenvalue weighted by Crippen LogP contribution is 2.23. The topological polar surface area (TPSA) is 78.5 Å². The second kappa shape index (κ2) is 7.04. The largest absolute Gasteiger partial charge is 0.287 e. The van der Waals surface area contributed by atoms with E-state index >= 15 is 0 Å². The van der Waals surface area contributed by atoms with E-state index in [1.54, 1.807) is 30.3 Å². The van der Waals surface area contributed by atoms with Gasteiger partial charge in [-0.1, -0.05) is 35.4 Å². The summed E-state index contributed by atoms with van der Waals surface area (Å²) in [5.41, 5.74) is 7.00. The van der Waals surface area contributed by atoms with Crippen LogP contribution in [0.15, 0.2) is 48.5 Å². The van der Waals surface area contributed by atoms with E-state index in [0.29, 0.717) is 16.3 Å². The van der Waals surface area contributed by atoms with E-state index in [1.807, 2.05) is 19.1 Å². The number of carbonyl (C=O) groups is 3. The van der Waals surface area contributed by atoms with Gasteiger partial charge in [0.05, 0.1) is 12.1 Å². The second-order valence-electron chi connectivity index (χ2n) is 5.77. The van der Waals surface area contributed by atoms with Crippen molar-refractivity contribution in [3.63, 3.8) is 0 Å². The van der Waals surface area contributed by atoms with Crippen LogP contribution in [0.1, 0.15) is 22.3 Å². The molecular weight excluding hydrogens is 342 g/mol. The van der Waals surface area contributed by atoms with Crippen LogP contribution in [0.3, 0.4) is 0 Å². The molecule has 0 aromatic heterocycles. The summed E-state index contributed by atoms with van der Waals surface area (Å²) >= 11 is 5.85. The number of carbonyl (C=O) groups excluding carboxylic acids is 3. The van der Waals surface area contributed by atoms with Crippen molar-refractivity contribution >= 4 is 35.0 Å². The van der Waals surface area contributed by atoms with E-state index in [1.165, 1.54) is 6.07 Å². The highest BCUT2D eigenvalue weighted by Gasteiger charge is 2.39. The number of anilines is 1. The molecule has 1 aliphatic rings. The number of imide groups is 1. The Morgan fingerprint density at radius 3 is 2.56 bits per heavy atom. The number of rotatable bonds is 4. The van der Waals surface area contributed by atoms with Crippen molar-refractivity contribution in [2.45, 2.75) is 19.4 Å². The molecule has 1 fully saturated rings. The zero-order chi connectivity index (χ0) is 18.0. The van der Waals surface area contributed by atoms with Crippen LogP contribution in [0.2, 0.25) is 5.02 Å². The van der Waals surface area contributed by atoms with Gasteiger partial charge in [0.1, 0.15) is 6.04 Å². The standard InChI is InChI=1S/C18H16ClN3O3/c1-11-5-7-14(8-6-11)22-16(23)10-15(18(22)25)20-21-17(24)12-3-2-4-13(19)9-12/h2-9,15,20H,10H2,1H3,(H,21,24). The minimum atomic E-state index is -0.808. The quantitative estimate of drug-likeness (QED) is 0.649. The molecule has 6 nitrogen and oxygen atoms in total. The summed E-state index contributed by atoms with van der Waals surface area (Å²) < 4.78 is 0. The van der Waals surface area contributed by atoms with Gasteiger partial charge in [-0.15, -0.1) is 0 Å². The van der Waals surface area contributed by atoms with E-state index in [-0.39, 0.29) is 12.3 Å². The first-order valence-electron chi connectivity index (χ1n) is 7.70. The predicted molar refractivity (Wildman–Crippen MR) is 94.1 cm³/mol. The molecule has 3 rings (SSSR count). The molecule has 2 aromatic carbocycles.